The molecule has 0 aliphatic carbocycles. The lowest BCUT2D eigenvalue weighted by molar-refractivity contribution is -0.274. The molecule has 1 N–H and O–H groups in total. The highest BCUT2D eigenvalue weighted by Gasteiger charge is 2.46. The van der Waals surface area contributed by atoms with Crippen LogP contribution in [0.4, 0.5) is 26.7 Å². The number of ether oxygens (including phenoxy) is 2. The number of alkyl halides is 5. The van der Waals surface area contributed by atoms with E-state index in [9.17, 15) is 26.7 Å². The van der Waals surface area contributed by atoms with Crippen molar-refractivity contribution in [3.8, 4) is 5.75 Å². The van der Waals surface area contributed by atoms with Gasteiger partial charge in [0.25, 0.3) is 0 Å². The SMILES string of the molecule is Cl.O=C1N[C@@H](c2ccc(OC(F)(F)F)cc2)C(F)(F)CO1. The van der Waals surface area contributed by atoms with E-state index in [0.29, 0.717) is 0 Å². The van der Waals surface area contributed by atoms with Gasteiger partial charge in [-0.25, -0.2) is 13.6 Å². The Kier molecular flexibility index (Phi) is 4.87. The average molecular weight is 334 g/mol. The third kappa shape index (κ3) is 4.35. The summed E-state index contributed by atoms with van der Waals surface area (Å²) in [5, 5.41) is 1.92. The molecular weight excluding hydrogens is 325 g/mol. The van der Waals surface area contributed by atoms with Crippen LogP contribution in [-0.2, 0) is 4.74 Å². The summed E-state index contributed by atoms with van der Waals surface area (Å²) >= 11 is 0. The number of nitrogens with one attached hydrogen (secondary N) is 1. The van der Waals surface area contributed by atoms with Gasteiger partial charge < -0.3 is 14.8 Å². The van der Waals surface area contributed by atoms with Crippen molar-refractivity contribution in [2.45, 2.75) is 18.3 Å². The van der Waals surface area contributed by atoms with Crippen LogP contribution in [0.15, 0.2) is 24.3 Å². The summed E-state index contributed by atoms with van der Waals surface area (Å²) in [6.45, 7) is -1.09. The summed E-state index contributed by atoms with van der Waals surface area (Å²) in [7, 11) is 0. The molecule has 0 saturated carbocycles. The van der Waals surface area contributed by atoms with E-state index in [1.54, 1.807) is 0 Å². The number of amides is 1. The van der Waals surface area contributed by atoms with E-state index >= 15 is 0 Å². The minimum absolute atomic E-state index is 0. The first-order valence-electron chi connectivity index (χ1n) is 5.34. The third-order valence-corrected chi connectivity index (χ3v) is 2.53. The van der Waals surface area contributed by atoms with Gasteiger partial charge in [-0.1, -0.05) is 12.1 Å². The Morgan fingerprint density at radius 2 is 1.81 bits per heavy atom. The molecule has 21 heavy (non-hydrogen) atoms. The van der Waals surface area contributed by atoms with Gasteiger partial charge >= 0.3 is 18.4 Å². The molecule has 0 spiro atoms. The molecule has 1 aromatic carbocycles. The molecule has 1 aliphatic rings. The Morgan fingerprint density at radius 3 is 2.33 bits per heavy atom. The van der Waals surface area contributed by atoms with E-state index in [-0.39, 0.29) is 18.0 Å². The molecule has 118 valence electrons. The quantitative estimate of drug-likeness (QED) is 0.844. The number of hydrogen-bond donors (Lipinski definition) is 1. The van der Waals surface area contributed by atoms with E-state index < -0.39 is 36.8 Å². The molecule has 4 nitrogen and oxygen atoms in total. The van der Waals surface area contributed by atoms with Gasteiger partial charge in [-0.05, 0) is 17.7 Å². The Hall–Kier alpha value is -1.77. The molecule has 1 amide bonds. The lowest BCUT2D eigenvalue weighted by Gasteiger charge is -2.31. The maximum Gasteiger partial charge on any atom is 0.573 e. The van der Waals surface area contributed by atoms with E-state index in [1.807, 2.05) is 5.32 Å². The van der Waals surface area contributed by atoms with Crippen molar-refractivity contribution in [2.24, 2.45) is 0 Å². The largest absolute Gasteiger partial charge is 0.573 e. The lowest BCUT2D eigenvalue weighted by atomic mass is 10.00. The summed E-state index contributed by atoms with van der Waals surface area (Å²) in [5.74, 6) is -3.90. The number of halogens is 6. The van der Waals surface area contributed by atoms with Gasteiger partial charge in [-0.15, -0.1) is 25.6 Å². The van der Waals surface area contributed by atoms with Crippen LogP contribution in [0.3, 0.4) is 0 Å². The first-order chi connectivity index (χ1) is 9.17. The average Bonchev–Trinajstić information content (AvgIpc) is 2.32. The maximum absolute atomic E-state index is 13.5. The molecule has 1 saturated heterocycles. The molecule has 1 atom stereocenters. The van der Waals surface area contributed by atoms with E-state index in [1.165, 1.54) is 0 Å². The number of rotatable bonds is 2. The van der Waals surface area contributed by atoms with Crippen molar-refractivity contribution in [1.82, 2.24) is 5.32 Å². The highest BCUT2D eigenvalue weighted by atomic mass is 35.5. The molecule has 2 rings (SSSR count). The standard InChI is InChI=1S/C11H8F5NO3.ClH/c12-10(13)5-19-9(18)17-8(10)6-1-3-7(4-2-6)20-11(14,15)16;/h1-4,8H,5H2,(H,17,18);1H/t8-;/m0./s1. The fraction of sp³-hybridized carbons (Fsp3) is 0.364. The molecule has 1 heterocycles. The van der Waals surface area contributed by atoms with Crippen LogP contribution in [-0.4, -0.2) is 25.0 Å². The predicted molar refractivity (Wildman–Crippen MR) is 62.5 cm³/mol. The monoisotopic (exact) mass is 333 g/mol. The van der Waals surface area contributed by atoms with Crippen LogP contribution in [0.25, 0.3) is 0 Å². The summed E-state index contributed by atoms with van der Waals surface area (Å²) in [5.41, 5.74) is -0.0545. The number of alkyl carbamates (subject to hydrolysis) is 1. The van der Waals surface area contributed by atoms with E-state index in [0.717, 1.165) is 24.3 Å². The summed E-state index contributed by atoms with van der Waals surface area (Å²) in [6, 6.07) is 2.15. The second kappa shape index (κ2) is 5.92. The normalized spacial score (nSPS) is 20.8. The number of benzene rings is 1. The minimum atomic E-state index is -4.86. The van der Waals surface area contributed by atoms with Gasteiger partial charge in [0.15, 0.2) is 6.61 Å². The fourth-order valence-electron chi connectivity index (χ4n) is 1.70. The van der Waals surface area contributed by atoms with Crippen LogP contribution in [0.1, 0.15) is 11.6 Å². The molecule has 0 radical (unpaired) electrons. The van der Waals surface area contributed by atoms with Crippen LogP contribution in [0.2, 0.25) is 0 Å². The second-order valence-corrected chi connectivity index (χ2v) is 4.03. The summed E-state index contributed by atoms with van der Waals surface area (Å²) < 4.78 is 70.7. The highest BCUT2D eigenvalue weighted by Crippen LogP contribution is 2.35. The van der Waals surface area contributed by atoms with Crippen molar-refractivity contribution in [3.05, 3.63) is 29.8 Å². The van der Waals surface area contributed by atoms with E-state index in [2.05, 4.69) is 9.47 Å². The molecule has 0 unspecified atom stereocenters. The second-order valence-electron chi connectivity index (χ2n) is 4.03. The maximum atomic E-state index is 13.5. The topological polar surface area (TPSA) is 47.6 Å². The van der Waals surface area contributed by atoms with Gasteiger partial charge in [0.2, 0.25) is 0 Å². The Labute approximate surface area is 121 Å². The Bertz CT molecular complexity index is 506. The number of cyclic esters (lactones) is 1. The zero-order valence-electron chi connectivity index (χ0n) is 10.1. The van der Waals surface area contributed by atoms with Crippen molar-refractivity contribution >= 4 is 18.5 Å². The minimum Gasteiger partial charge on any atom is -0.443 e. The first-order valence-corrected chi connectivity index (χ1v) is 5.34. The Balaban J connectivity index is 0.00000220. The molecule has 0 bridgehead atoms. The van der Waals surface area contributed by atoms with Crippen LogP contribution < -0.4 is 10.1 Å². The number of carbonyl (C=O) groups excluding carboxylic acids is 1. The van der Waals surface area contributed by atoms with Gasteiger partial charge in [0.1, 0.15) is 11.8 Å². The van der Waals surface area contributed by atoms with Gasteiger partial charge in [-0.3, -0.25) is 0 Å². The zero-order chi connectivity index (χ0) is 15.0. The number of hydrogen-bond acceptors (Lipinski definition) is 3. The predicted octanol–water partition coefficient (Wildman–Crippen LogP) is 3.42. The van der Waals surface area contributed by atoms with E-state index in [4.69, 9.17) is 0 Å². The molecule has 1 aromatic rings. The molecule has 0 aromatic heterocycles. The van der Waals surface area contributed by atoms with Crippen LogP contribution in [0, 0.1) is 0 Å². The van der Waals surface area contributed by atoms with Crippen molar-refractivity contribution in [2.75, 3.05) is 6.61 Å². The van der Waals surface area contributed by atoms with Gasteiger partial charge in [0, 0.05) is 0 Å². The highest BCUT2D eigenvalue weighted by molar-refractivity contribution is 5.85. The molecule has 10 heteroatoms. The van der Waals surface area contributed by atoms with Gasteiger partial charge in [-0.2, -0.15) is 0 Å². The van der Waals surface area contributed by atoms with Crippen molar-refractivity contribution in [3.63, 3.8) is 0 Å². The summed E-state index contributed by atoms with van der Waals surface area (Å²) in [6.07, 6.45) is -5.88. The Morgan fingerprint density at radius 1 is 1.24 bits per heavy atom. The number of carbonyl (C=O) groups is 1. The van der Waals surface area contributed by atoms with Gasteiger partial charge in [0.05, 0.1) is 0 Å². The molecular formula is C11H9ClF5NO3. The molecule has 1 aliphatic heterocycles. The van der Waals surface area contributed by atoms with Crippen LogP contribution in [0.5, 0.6) is 5.75 Å². The zero-order valence-corrected chi connectivity index (χ0v) is 10.9. The fourth-order valence-corrected chi connectivity index (χ4v) is 1.70. The first kappa shape index (κ1) is 17.3. The smallest absolute Gasteiger partial charge is 0.443 e. The van der Waals surface area contributed by atoms with Crippen molar-refractivity contribution < 1.29 is 36.2 Å². The molecule has 1 fully saturated rings. The lowest BCUT2D eigenvalue weighted by Crippen LogP contribution is -2.49. The van der Waals surface area contributed by atoms with Crippen LogP contribution >= 0.6 is 12.4 Å². The van der Waals surface area contributed by atoms with Crippen molar-refractivity contribution in [1.29, 1.82) is 0 Å². The summed E-state index contributed by atoms with van der Waals surface area (Å²) in [4.78, 5) is 10.9. The third-order valence-electron chi connectivity index (χ3n) is 2.53.